The number of hydrogen-bond donors (Lipinski definition) is 2. The van der Waals surface area contributed by atoms with E-state index in [-0.39, 0.29) is 11.5 Å². The van der Waals surface area contributed by atoms with E-state index in [9.17, 15) is 14.4 Å². The molecule has 0 unspecified atom stereocenters. The largest absolute Gasteiger partial charge is 0.493 e. The van der Waals surface area contributed by atoms with Crippen LogP contribution in [0.15, 0.2) is 42.5 Å². The van der Waals surface area contributed by atoms with Crippen LogP contribution in [0.2, 0.25) is 0 Å². The molecule has 2 rings (SSSR count). The molecule has 0 saturated heterocycles. The lowest BCUT2D eigenvalue weighted by atomic mass is 10.2. The lowest BCUT2D eigenvalue weighted by Crippen LogP contribution is -2.21. The highest BCUT2D eigenvalue weighted by Crippen LogP contribution is 2.28. The number of carbonyl (C=O) groups excluding carboxylic acids is 3. The molecular formula is C22H26N2O6. The van der Waals surface area contributed by atoms with Crippen LogP contribution < -0.4 is 20.1 Å². The van der Waals surface area contributed by atoms with Gasteiger partial charge in [-0.1, -0.05) is 19.9 Å². The zero-order chi connectivity index (χ0) is 22.1. The van der Waals surface area contributed by atoms with Gasteiger partial charge in [0, 0.05) is 18.3 Å². The molecular weight excluding hydrogens is 388 g/mol. The molecule has 0 heterocycles. The van der Waals surface area contributed by atoms with Crippen molar-refractivity contribution >= 4 is 29.2 Å². The fraction of sp³-hybridized carbons (Fsp3) is 0.318. The summed E-state index contributed by atoms with van der Waals surface area (Å²) in [5.41, 5.74) is 1.25. The first-order chi connectivity index (χ1) is 14.3. The molecule has 0 aliphatic heterocycles. The van der Waals surface area contributed by atoms with Gasteiger partial charge >= 0.3 is 5.97 Å². The second-order valence-corrected chi connectivity index (χ2v) is 6.96. The Bertz CT molecular complexity index is 910. The van der Waals surface area contributed by atoms with E-state index in [1.165, 1.54) is 20.1 Å². The minimum Gasteiger partial charge on any atom is -0.493 e. The lowest BCUT2D eigenvalue weighted by molar-refractivity contribution is -0.119. The van der Waals surface area contributed by atoms with Gasteiger partial charge in [0.1, 0.15) is 0 Å². The molecule has 2 aromatic carbocycles. The maximum absolute atomic E-state index is 12.3. The molecule has 0 atom stereocenters. The number of carbonyl (C=O) groups is 3. The lowest BCUT2D eigenvalue weighted by Gasteiger charge is -2.13. The highest BCUT2D eigenvalue weighted by molar-refractivity contribution is 5.96. The summed E-state index contributed by atoms with van der Waals surface area (Å²) < 4.78 is 16.0. The topological polar surface area (TPSA) is 103 Å². The number of nitrogens with one attached hydrogen (secondary N) is 2. The Kier molecular flexibility index (Phi) is 8.22. The summed E-state index contributed by atoms with van der Waals surface area (Å²) in [4.78, 5) is 35.5. The molecule has 0 radical (unpaired) electrons. The van der Waals surface area contributed by atoms with Crippen LogP contribution in [0.1, 0.15) is 31.1 Å². The van der Waals surface area contributed by atoms with Crippen LogP contribution in [0.25, 0.3) is 0 Å². The van der Waals surface area contributed by atoms with Crippen LogP contribution in [0, 0.1) is 5.92 Å². The van der Waals surface area contributed by atoms with Gasteiger partial charge in [0.25, 0.3) is 5.91 Å². The molecule has 2 amide bonds. The molecule has 0 fully saturated rings. The van der Waals surface area contributed by atoms with Crippen molar-refractivity contribution < 1.29 is 28.6 Å². The van der Waals surface area contributed by atoms with E-state index in [2.05, 4.69) is 10.6 Å². The predicted octanol–water partition coefficient (Wildman–Crippen LogP) is 3.48. The van der Waals surface area contributed by atoms with E-state index in [0.717, 1.165) is 0 Å². The maximum atomic E-state index is 12.3. The Morgan fingerprint density at radius 1 is 0.967 bits per heavy atom. The van der Waals surface area contributed by atoms with Crippen molar-refractivity contribution in [2.24, 2.45) is 5.92 Å². The fourth-order valence-electron chi connectivity index (χ4n) is 2.46. The zero-order valence-electron chi connectivity index (χ0n) is 17.5. The molecule has 0 aliphatic rings. The van der Waals surface area contributed by atoms with E-state index in [1.54, 1.807) is 36.4 Å². The van der Waals surface area contributed by atoms with Crippen LogP contribution in [-0.2, 0) is 14.3 Å². The van der Waals surface area contributed by atoms with Gasteiger partial charge in [-0.15, -0.1) is 0 Å². The van der Waals surface area contributed by atoms with Gasteiger partial charge < -0.3 is 24.8 Å². The predicted molar refractivity (Wildman–Crippen MR) is 113 cm³/mol. The van der Waals surface area contributed by atoms with E-state index in [4.69, 9.17) is 14.2 Å². The summed E-state index contributed by atoms with van der Waals surface area (Å²) in [6, 6.07) is 11.3. The van der Waals surface area contributed by atoms with E-state index >= 15 is 0 Å². The summed E-state index contributed by atoms with van der Waals surface area (Å²) in [6.07, 6.45) is 0. The Hall–Kier alpha value is -3.55. The Labute approximate surface area is 175 Å². The average molecular weight is 414 g/mol. The third-order valence-corrected chi connectivity index (χ3v) is 3.77. The molecule has 2 aromatic rings. The van der Waals surface area contributed by atoms with Crippen molar-refractivity contribution in [3.63, 3.8) is 0 Å². The van der Waals surface area contributed by atoms with E-state index < -0.39 is 18.5 Å². The summed E-state index contributed by atoms with van der Waals surface area (Å²) in [7, 11) is 1.48. The van der Waals surface area contributed by atoms with Crippen LogP contribution in [0.4, 0.5) is 11.4 Å². The number of hydrogen-bond acceptors (Lipinski definition) is 6. The monoisotopic (exact) mass is 414 g/mol. The Morgan fingerprint density at radius 2 is 1.67 bits per heavy atom. The van der Waals surface area contributed by atoms with Crippen LogP contribution in [0.3, 0.4) is 0 Å². The molecule has 0 aliphatic carbocycles. The van der Waals surface area contributed by atoms with Crippen molar-refractivity contribution in [3.8, 4) is 11.5 Å². The zero-order valence-corrected chi connectivity index (χ0v) is 17.5. The van der Waals surface area contributed by atoms with Gasteiger partial charge in [-0.3, -0.25) is 9.59 Å². The number of ether oxygens (including phenoxy) is 3. The van der Waals surface area contributed by atoms with Gasteiger partial charge in [-0.2, -0.15) is 0 Å². The van der Waals surface area contributed by atoms with Crippen LogP contribution in [-0.4, -0.2) is 38.1 Å². The summed E-state index contributed by atoms with van der Waals surface area (Å²) >= 11 is 0. The smallest absolute Gasteiger partial charge is 0.338 e. The Morgan fingerprint density at radius 3 is 2.30 bits per heavy atom. The van der Waals surface area contributed by atoms with Gasteiger partial charge in [0.15, 0.2) is 18.1 Å². The van der Waals surface area contributed by atoms with Gasteiger partial charge in [0.05, 0.1) is 19.3 Å². The first-order valence-electron chi connectivity index (χ1n) is 9.44. The maximum Gasteiger partial charge on any atom is 0.338 e. The highest BCUT2D eigenvalue weighted by atomic mass is 16.5. The third kappa shape index (κ3) is 7.12. The molecule has 0 saturated carbocycles. The van der Waals surface area contributed by atoms with E-state index in [1.807, 2.05) is 13.8 Å². The first-order valence-corrected chi connectivity index (χ1v) is 9.44. The molecule has 2 N–H and O–H groups in total. The van der Waals surface area contributed by atoms with Gasteiger partial charge in [-0.05, 0) is 42.3 Å². The molecule has 8 nitrogen and oxygen atoms in total. The second-order valence-electron chi connectivity index (χ2n) is 6.96. The molecule has 0 bridgehead atoms. The SMILES string of the molecule is COc1cc(C(=O)OCC(=O)Nc2cccc(NC(C)=O)c2)ccc1OCC(C)C. The minimum atomic E-state index is -0.661. The van der Waals surface area contributed by atoms with E-state index in [0.29, 0.717) is 35.4 Å². The first kappa shape index (κ1) is 22.7. The number of anilines is 2. The number of rotatable bonds is 9. The van der Waals surface area contributed by atoms with Crippen molar-refractivity contribution in [1.29, 1.82) is 0 Å². The molecule has 0 aromatic heterocycles. The summed E-state index contributed by atoms with van der Waals surface area (Å²) in [6.45, 7) is 5.50. The minimum absolute atomic E-state index is 0.219. The average Bonchev–Trinajstić information content (AvgIpc) is 2.70. The van der Waals surface area contributed by atoms with Crippen LogP contribution in [0.5, 0.6) is 11.5 Å². The second kappa shape index (κ2) is 10.8. The number of esters is 1. The summed E-state index contributed by atoms with van der Waals surface area (Å²) in [5.74, 6) is -0.109. The van der Waals surface area contributed by atoms with Crippen molar-refractivity contribution in [2.75, 3.05) is 31.0 Å². The molecule has 0 spiro atoms. The van der Waals surface area contributed by atoms with Gasteiger partial charge in [0.2, 0.25) is 5.91 Å². The van der Waals surface area contributed by atoms with Gasteiger partial charge in [-0.25, -0.2) is 4.79 Å². The van der Waals surface area contributed by atoms with Crippen LogP contribution >= 0.6 is 0 Å². The van der Waals surface area contributed by atoms with Crippen molar-refractivity contribution in [2.45, 2.75) is 20.8 Å². The normalized spacial score (nSPS) is 10.3. The highest BCUT2D eigenvalue weighted by Gasteiger charge is 2.14. The Balaban J connectivity index is 1.93. The van der Waals surface area contributed by atoms with Crippen molar-refractivity contribution in [1.82, 2.24) is 0 Å². The molecule has 30 heavy (non-hydrogen) atoms. The number of benzene rings is 2. The van der Waals surface area contributed by atoms with Crippen molar-refractivity contribution in [3.05, 3.63) is 48.0 Å². The third-order valence-electron chi connectivity index (χ3n) is 3.77. The number of amides is 2. The molecule has 8 heteroatoms. The molecule has 160 valence electrons. The number of methoxy groups -OCH3 is 1. The quantitative estimate of drug-likeness (QED) is 0.609. The standard InChI is InChI=1S/C22H26N2O6/c1-14(2)12-29-19-9-8-16(10-20(19)28-4)22(27)30-13-21(26)24-18-7-5-6-17(11-18)23-15(3)25/h5-11,14H,12-13H2,1-4H3,(H,23,25)(H,24,26). The fourth-order valence-corrected chi connectivity index (χ4v) is 2.46. The summed E-state index contributed by atoms with van der Waals surface area (Å²) in [5, 5.41) is 5.23.